The number of oxime groups is 1. The SMILES string of the molecule is CN(c1ccccc1)C1/C(=N/O)C2CCC1C2. The molecule has 0 saturated heterocycles. The summed E-state index contributed by atoms with van der Waals surface area (Å²) in [6, 6.07) is 10.6. The second-order valence-corrected chi connectivity index (χ2v) is 5.19. The maximum atomic E-state index is 9.22. The minimum absolute atomic E-state index is 0.293. The number of hydrogen-bond acceptors (Lipinski definition) is 3. The van der Waals surface area contributed by atoms with Crippen LogP contribution in [0.25, 0.3) is 0 Å². The first-order chi connectivity index (χ1) is 8.31. The van der Waals surface area contributed by atoms with Gasteiger partial charge in [-0.3, -0.25) is 0 Å². The highest BCUT2D eigenvalue weighted by molar-refractivity contribution is 5.96. The highest BCUT2D eigenvalue weighted by atomic mass is 16.4. The second-order valence-electron chi connectivity index (χ2n) is 5.19. The van der Waals surface area contributed by atoms with Crippen molar-refractivity contribution in [1.29, 1.82) is 0 Å². The van der Waals surface area contributed by atoms with Crippen LogP contribution in [0.15, 0.2) is 35.5 Å². The largest absolute Gasteiger partial charge is 0.411 e. The molecule has 3 nitrogen and oxygen atoms in total. The van der Waals surface area contributed by atoms with Gasteiger partial charge in [0.1, 0.15) is 0 Å². The lowest BCUT2D eigenvalue weighted by atomic mass is 9.92. The van der Waals surface area contributed by atoms with Crippen molar-refractivity contribution in [2.45, 2.75) is 25.3 Å². The highest BCUT2D eigenvalue weighted by Crippen LogP contribution is 2.45. The zero-order valence-electron chi connectivity index (χ0n) is 10.1. The molecule has 0 heterocycles. The molecule has 0 aromatic heterocycles. The molecule has 3 atom stereocenters. The number of anilines is 1. The molecule has 0 amide bonds. The van der Waals surface area contributed by atoms with Crippen LogP contribution in [-0.2, 0) is 0 Å². The fraction of sp³-hybridized carbons (Fsp3) is 0.500. The Labute approximate surface area is 102 Å². The number of para-hydroxylation sites is 1. The molecule has 90 valence electrons. The minimum Gasteiger partial charge on any atom is -0.411 e. The standard InChI is InChI=1S/C14H18N2O/c1-16(12-5-3-2-4-6-12)14-11-8-7-10(9-11)13(14)15-17/h2-6,10-11,14,17H,7-9H2,1H3/b15-13+. The monoisotopic (exact) mass is 230 g/mol. The van der Waals surface area contributed by atoms with Crippen LogP contribution in [0.3, 0.4) is 0 Å². The first-order valence-electron chi connectivity index (χ1n) is 6.31. The van der Waals surface area contributed by atoms with Gasteiger partial charge in [0.15, 0.2) is 0 Å². The van der Waals surface area contributed by atoms with Crippen LogP contribution < -0.4 is 4.90 Å². The Hall–Kier alpha value is -1.51. The molecule has 0 spiro atoms. The molecule has 1 N–H and O–H groups in total. The zero-order chi connectivity index (χ0) is 11.8. The van der Waals surface area contributed by atoms with E-state index in [1.54, 1.807) is 0 Å². The van der Waals surface area contributed by atoms with E-state index < -0.39 is 0 Å². The minimum atomic E-state index is 0.293. The van der Waals surface area contributed by atoms with Crippen molar-refractivity contribution in [1.82, 2.24) is 0 Å². The van der Waals surface area contributed by atoms with Gasteiger partial charge in [0.05, 0.1) is 11.8 Å². The van der Waals surface area contributed by atoms with Crippen molar-refractivity contribution in [3.63, 3.8) is 0 Å². The molecule has 2 aliphatic rings. The third-order valence-corrected chi connectivity index (χ3v) is 4.34. The van der Waals surface area contributed by atoms with E-state index in [0.29, 0.717) is 17.9 Å². The van der Waals surface area contributed by atoms with Gasteiger partial charge in [-0.05, 0) is 37.3 Å². The quantitative estimate of drug-likeness (QED) is 0.626. The van der Waals surface area contributed by atoms with Crippen molar-refractivity contribution in [2.75, 3.05) is 11.9 Å². The summed E-state index contributed by atoms with van der Waals surface area (Å²) in [7, 11) is 2.10. The van der Waals surface area contributed by atoms with Crippen molar-refractivity contribution in [2.24, 2.45) is 17.0 Å². The molecule has 3 heteroatoms. The molecule has 2 bridgehead atoms. The van der Waals surface area contributed by atoms with Crippen LogP contribution in [0.1, 0.15) is 19.3 Å². The van der Waals surface area contributed by atoms with Gasteiger partial charge in [0.2, 0.25) is 0 Å². The Morgan fingerprint density at radius 1 is 1.24 bits per heavy atom. The smallest absolute Gasteiger partial charge is 0.0828 e. The Kier molecular flexibility index (Phi) is 2.54. The summed E-state index contributed by atoms with van der Waals surface area (Å²) in [5, 5.41) is 12.8. The summed E-state index contributed by atoms with van der Waals surface area (Å²) in [4.78, 5) is 2.26. The van der Waals surface area contributed by atoms with E-state index in [1.807, 2.05) is 6.07 Å². The summed E-state index contributed by atoms with van der Waals surface area (Å²) in [5.74, 6) is 1.18. The summed E-state index contributed by atoms with van der Waals surface area (Å²) in [6.07, 6.45) is 3.66. The maximum absolute atomic E-state index is 9.22. The van der Waals surface area contributed by atoms with Gasteiger partial charge in [0, 0.05) is 18.7 Å². The van der Waals surface area contributed by atoms with Crippen LogP contribution in [0, 0.1) is 11.8 Å². The first-order valence-corrected chi connectivity index (χ1v) is 6.31. The molecular weight excluding hydrogens is 212 g/mol. The third kappa shape index (κ3) is 1.61. The lowest BCUT2D eigenvalue weighted by Crippen LogP contribution is -2.42. The molecule has 2 aliphatic carbocycles. The number of fused-ring (bicyclic) bond motifs is 2. The fourth-order valence-corrected chi connectivity index (χ4v) is 3.53. The second kappa shape index (κ2) is 4.06. The molecule has 1 aromatic carbocycles. The van der Waals surface area contributed by atoms with E-state index in [2.05, 4.69) is 41.4 Å². The molecular formula is C14H18N2O. The summed E-state index contributed by atoms with van der Waals surface area (Å²) < 4.78 is 0. The molecule has 2 fully saturated rings. The van der Waals surface area contributed by atoms with Gasteiger partial charge in [-0.1, -0.05) is 23.4 Å². The number of rotatable bonds is 2. The van der Waals surface area contributed by atoms with Gasteiger partial charge in [0.25, 0.3) is 0 Å². The van der Waals surface area contributed by atoms with Crippen LogP contribution in [0.2, 0.25) is 0 Å². The van der Waals surface area contributed by atoms with Crippen molar-refractivity contribution in [3.8, 4) is 0 Å². The average molecular weight is 230 g/mol. The number of nitrogens with zero attached hydrogens (tertiary/aromatic N) is 2. The zero-order valence-corrected chi connectivity index (χ0v) is 10.1. The van der Waals surface area contributed by atoms with E-state index >= 15 is 0 Å². The van der Waals surface area contributed by atoms with Gasteiger partial charge in [-0.15, -0.1) is 0 Å². The van der Waals surface area contributed by atoms with Crippen LogP contribution >= 0.6 is 0 Å². The van der Waals surface area contributed by atoms with Crippen LogP contribution in [0.5, 0.6) is 0 Å². The number of benzene rings is 1. The lowest BCUT2D eigenvalue weighted by Gasteiger charge is -2.33. The number of hydrogen-bond donors (Lipinski definition) is 1. The van der Waals surface area contributed by atoms with E-state index in [0.717, 1.165) is 5.71 Å². The van der Waals surface area contributed by atoms with Gasteiger partial charge in [-0.2, -0.15) is 0 Å². The lowest BCUT2D eigenvalue weighted by molar-refractivity contribution is 0.311. The molecule has 2 saturated carbocycles. The summed E-state index contributed by atoms with van der Waals surface area (Å²) in [6.45, 7) is 0. The predicted octanol–water partition coefficient (Wildman–Crippen LogP) is 2.75. The molecule has 1 aromatic rings. The van der Waals surface area contributed by atoms with Crippen molar-refractivity contribution < 1.29 is 5.21 Å². The van der Waals surface area contributed by atoms with Gasteiger partial charge < -0.3 is 10.1 Å². The average Bonchev–Trinajstić information content (AvgIpc) is 2.98. The normalized spacial score (nSPS) is 33.2. The summed E-state index contributed by atoms with van der Waals surface area (Å²) in [5.41, 5.74) is 2.19. The Balaban J connectivity index is 1.89. The molecule has 0 radical (unpaired) electrons. The molecule has 3 unspecified atom stereocenters. The van der Waals surface area contributed by atoms with E-state index in [1.165, 1.54) is 24.9 Å². The van der Waals surface area contributed by atoms with Gasteiger partial charge >= 0.3 is 0 Å². The van der Waals surface area contributed by atoms with Crippen LogP contribution in [-0.4, -0.2) is 24.0 Å². The maximum Gasteiger partial charge on any atom is 0.0828 e. The Morgan fingerprint density at radius 3 is 2.71 bits per heavy atom. The molecule has 0 aliphatic heterocycles. The summed E-state index contributed by atoms with van der Waals surface area (Å²) >= 11 is 0. The van der Waals surface area contributed by atoms with Crippen molar-refractivity contribution in [3.05, 3.63) is 30.3 Å². The van der Waals surface area contributed by atoms with Gasteiger partial charge in [-0.25, -0.2) is 0 Å². The first kappa shape index (κ1) is 10.6. The Morgan fingerprint density at radius 2 is 2.00 bits per heavy atom. The van der Waals surface area contributed by atoms with E-state index in [4.69, 9.17) is 0 Å². The highest BCUT2D eigenvalue weighted by Gasteiger charge is 2.47. The molecule has 3 rings (SSSR count). The van der Waals surface area contributed by atoms with E-state index in [-0.39, 0.29) is 0 Å². The van der Waals surface area contributed by atoms with Crippen molar-refractivity contribution >= 4 is 11.4 Å². The fourth-order valence-electron chi connectivity index (χ4n) is 3.53. The van der Waals surface area contributed by atoms with E-state index in [9.17, 15) is 5.21 Å². The Bertz CT molecular complexity index is 429. The predicted molar refractivity (Wildman–Crippen MR) is 68.7 cm³/mol. The topological polar surface area (TPSA) is 35.8 Å². The molecule has 17 heavy (non-hydrogen) atoms. The van der Waals surface area contributed by atoms with Crippen LogP contribution in [0.4, 0.5) is 5.69 Å². The third-order valence-electron chi connectivity index (χ3n) is 4.34.